The molecule has 5 N–H and O–H groups in total. The van der Waals surface area contributed by atoms with E-state index in [1.807, 2.05) is 31.3 Å². The maximum absolute atomic E-state index is 6.01. The minimum absolute atomic E-state index is 0.228. The highest BCUT2D eigenvalue weighted by Gasteiger charge is 2.07. The number of methoxy groups -OCH3 is 1. The molecule has 0 spiro atoms. The van der Waals surface area contributed by atoms with Gasteiger partial charge in [-0.05, 0) is 37.6 Å². The largest absolute Gasteiger partial charge is 0.399 e. The number of unbranched alkanes of at least 4 members (excludes halogenated alkanes) is 1. The van der Waals surface area contributed by atoms with Gasteiger partial charge in [0.1, 0.15) is 0 Å². The predicted molar refractivity (Wildman–Crippen MR) is 94.4 cm³/mol. The van der Waals surface area contributed by atoms with Gasteiger partial charge < -0.3 is 20.5 Å². The molecule has 1 rings (SSSR count). The third-order valence-corrected chi connectivity index (χ3v) is 3.41. The van der Waals surface area contributed by atoms with Gasteiger partial charge in [0.15, 0.2) is 6.29 Å². The number of nitrogens with one attached hydrogen (secondary N) is 1. The number of ether oxygens (including phenoxy) is 2. The van der Waals surface area contributed by atoms with Crippen molar-refractivity contribution in [1.29, 1.82) is 0 Å². The molecule has 0 aromatic heterocycles. The highest BCUT2D eigenvalue weighted by Crippen LogP contribution is 2.13. The Bertz CT molecular complexity index is 462. The zero-order valence-electron chi connectivity index (χ0n) is 14.4. The summed E-state index contributed by atoms with van der Waals surface area (Å²) in [6.45, 7) is 3.25. The molecule has 130 valence electrons. The van der Waals surface area contributed by atoms with Crippen LogP contribution in [0.25, 0.3) is 0 Å². The molecule has 0 aliphatic heterocycles. The first kappa shape index (κ1) is 19.4. The lowest BCUT2D eigenvalue weighted by atomic mass is 10.2. The molecule has 6 heteroatoms. The van der Waals surface area contributed by atoms with Crippen LogP contribution in [0.15, 0.2) is 36.2 Å². The van der Waals surface area contributed by atoms with E-state index in [1.165, 1.54) is 10.6 Å². The lowest BCUT2D eigenvalue weighted by molar-refractivity contribution is -0.121. The summed E-state index contributed by atoms with van der Waals surface area (Å²) in [4.78, 5) is 0. The van der Waals surface area contributed by atoms with Crippen molar-refractivity contribution in [2.45, 2.75) is 39.0 Å². The van der Waals surface area contributed by atoms with Crippen molar-refractivity contribution in [3.8, 4) is 0 Å². The van der Waals surface area contributed by atoms with Crippen LogP contribution in [0, 0.1) is 0 Å². The van der Waals surface area contributed by atoms with Gasteiger partial charge in [-0.15, -0.1) is 0 Å². The Morgan fingerprint density at radius 1 is 1.35 bits per heavy atom. The van der Waals surface area contributed by atoms with E-state index in [1.54, 1.807) is 13.3 Å². The fraction of sp³-hybridized carbons (Fsp3) is 0.529. The summed E-state index contributed by atoms with van der Waals surface area (Å²) in [6.07, 6.45) is 4.46. The maximum Gasteiger partial charge on any atom is 0.157 e. The van der Waals surface area contributed by atoms with Crippen molar-refractivity contribution in [3.05, 3.63) is 41.7 Å². The number of hydrogen-bond acceptors (Lipinski definition) is 6. The number of benzene rings is 1. The van der Waals surface area contributed by atoms with Crippen molar-refractivity contribution in [3.63, 3.8) is 0 Å². The average molecular weight is 322 g/mol. The summed E-state index contributed by atoms with van der Waals surface area (Å²) in [6, 6.07) is 7.96. The molecule has 0 saturated heterocycles. The Morgan fingerprint density at radius 3 is 2.61 bits per heavy atom. The van der Waals surface area contributed by atoms with Gasteiger partial charge in [0, 0.05) is 19.9 Å². The first-order chi connectivity index (χ1) is 11.1. The third-order valence-electron chi connectivity index (χ3n) is 3.41. The van der Waals surface area contributed by atoms with Crippen molar-refractivity contribution in [1.82, 2.24) is 5.32 Å². The van der Waals surface area contributed by atoms with Crippen LogP contribution >= 0.6 is 0 Å². The van der Waals surface area contributed by atoms with E-state index >= 15 is 0 Å². The average Bonchev–Trinajstić information content (AvgIpc) is 2.56. The number of nitrogens with zero attached hydrogens (tertiary/aromatic N) is 1. The van der Waals surface area contributed by atoms with Gasteiger partial charge in [0.05, 0.1) is 18.0 Å². The standard InChI is InChI=1S/C17H30N4O2/c1-4-5-6-17(22-3)23-13-15(18)12-21(19)16-9-7-14(8-10-16)11-20-2/h7-10,12,17,20H,4-6,11,13,18-19H2,1-3H3/b15-12-. The van der Waals surface area contributed by atoms with Crippen LogP contribution in [0.2, 0.25) is 0 Å². The van der Waals surface area contributed by atoms with Crippen molar-refractivity contribution in [2.24, 2.45) is 11.6 Å². The van der Waals surface area contributed by atoms with E-state index in [0.717, 1.165) is 31.5 Å². The third kappa shape index (κ3) is 7.47. The maximum atomic E-state index is 6.01. The van der Waals surface area contributed by atoms with E-state index in [0.29, 0.717) is 5.70 Å². The van der Waals surface area contributed by atoms with Gasteiger partial charge >= 0.3 is 0 Å². The molecule has 1 aromatic rings. The Morgan fingerprint density at radius 2 is 2.04 bits per heavy atom. The normalized spacial score (nSPS) is 13.1. The number of hydrogen-bond donors (Lipinski definition) is 3. The van der Waals surface area contributed by atoms with Crippen LogP contribution in [0.3, 0.4) is 0 Å². The number of hydrazine groups is 1. The molecule has 0 aliphatic rings. The lowest BCUT2D eigenvalue weighted by Crippen LogP contribution is -2.27. The molecule has 1 aromatic carbocycles. The van der Waals surface area contributed by atoms with E-state index in [4.69, 9.17) is 21.1 Å². The van der Waals surface area contributed by atoms with E-state index in [-0.39, 0.29) is 12.9 Å². The van der Waals surface area contributed by atoms with Gasteiger partial charge in [-0.1, -0.05) is 25.5 Å². The smallest absolute Gasteiger partial charge is 0.157 e. The summed E-state index contributed by atoms with van der Waals surface area (Å²) >= 11 is 0. The van der Waals surface area contributed by atoms with Gasteiger partial charge in [-0.25, -0.2) is 5.84 Å². The number of nitrogens with two attached hydrogens (primary N) is 2. The quantitative estimate of drug-likeness (QED) is 0.328. The zero-order chi connectivity index (χ0) is 17.1. The van der Waals surface area contributed by atoms with Gasteiger partial charge in [0.2, 0.25) is 0 Å². The van der Waals surface area contributed by atoms with Crippen molar-refractivity contribution in [2.75, 3.05) is 25.8 Å². The number of anilines is 1. The Balaban J connectivity index is 2.52. The first-order valence-corrected chi connectivity index (χ1v) is 7.98. The van der Waals surface area contributed by atoms with E-state index in [2.05, 4.69) is 12.2 Å². The molecular formula is C17H30N4O2. The number of rotatable bonds is 11. The molecule has 23 heavy (non-hydrogen) atoms. The summed E-state index contributed by atoms with van der Waals surface area (Å²) < 4.78 is 10.9. The molecule has 0 bridgehead atoms. The molecule has 0 radical (unpaired) electrons. The van der Waals surface area contributed by atoms with Crippen LogP contribution in [0.1, 0.15) is 31.7 Å². The summed E-state index contributed by atoms with van der Waals surface area (Å²) in [5, 5.41) is 4.60. The lowest BCUT2D eigenvalue weighted by Gasteiger charge is -2.18. The molecular weight excluding hydrogens is 292 g/mol. The molecule has 0 aliphatic carbocycles. The Labute approximate surface area is 139 Å². The summed E-state index contributed by atoms with van der Waals surface area (Å²) in [5.74, 6) is 6.01. The molecule has 0 amide bonds. The fourth-order valence-corrected chi connectivity index (χ4v) is 2.11. The van der Waals surface area contributed by atoms with Crippen LogP contribution in [-0.4, -0.2) is 27.1 Å². The summed E-state index contributed by atoms with van der Waals surface area (Å²) in [7, 11) is 3.56. The minimum atomic E-state index is -0.228. The van der Waals surface area contributed by atoms with E-state index in [9.17, 15) is 0 Å². The summed E-state index contributed by atoms with van der Waals surface area (Å²) in [5.41, 5.74) is 8.58. The second-order valence-electron chi connectivity index (χ2n) is 5.43. The second kappa shape index (κ2) is 11.0. The van der Waals surface area contributed by atoms with Crippen LogP contribution in [0.4, 0.5) is 5.69 Å². The predicted octanol–water partition coefficient (Wildman–Crippen LogP) is 2.07. The molecule has 0 fully saturated rings. The molecule has 1 atom stereocenters. The van der Waals surface area contributed by atoms with Gasteiger partial charge in [0.25, 0.3) is 0 Å². The molecule has 6 nitrogen and oxygen atoms in total. The fourth-order valence-electron chi connectivity index (χ4n) is 2.11. The zero-order valence-corrected chi connectivity index (χ0v) is 14.4. The topological polar surface area (TPSA) is 85.8 Å². The van der Waals surface area contributed by atoms with E-state index < -0.39 is 0 Å². The van der Waals surface area contributed by atoms with Crippen molar-refractivity contribution < 1.29 is 9.47 Å². The monoisotopic (exact) mass is 322 g/mol. The molecule has 0 saturated carbocycles. The van der Waals surface area contributed by atoms with Gasteiger partial charge in [-0.3, -0.25) is 5.01 Å². The Kier molecular flexibility index (Phi) is 9.31. The molecule has 1 unspecified atom stereocenters. The van der Waals surface area contributed by atoms with Crippen LogP contribution < -0.4 is 21.9 Å². The van der Waals surface area contributed by atoms with Crippen LogP contribution in [0.5, 0.6) is 0 Å². The highest BCUT2D eigenvalue weighted by molar-refractivity contribution is 5.48. The minimum Gasteiger partial charge on any atom is -0.399 e. The Hall–Kier alpha value is -1.60. The second-order valence-corrected chi connectivity index (χ2v) is 5.43. The van der Waals surface area contributed by atoms with Gasteiger partial charge in [-0.2, -0.15) is 0 Å². The molecule has 0 heterocycles. The highest BCUT2D eigenvalue weighted by atomic mass is 16.7. The first-order valence-electron chi connectivity index (χ1n) is 7.98. The van der Waals surface area contributed by atoms with Crippen molar-refractivity contribution >= 4 is 5.69 Å². The van der Waals surface area contributed by atoms with Crippen LogP contribution in [-0.2, 0) is 16.0 Å². The SMILES string of the molecule is CCCCC(OC)OC/C(N)=C/N(N)c1ccc(CNC)cc1.